The van der Waals surface area contributed by atoms with Crippen molar-refractivity contribution in [1.29, 1.82) is 0 Å². The van der Waals surface area contributed by atoms with Gasteiger partial charge in [-0.15, -0.1) is 0 Å². The number of hydrogen-bond acceptors (Lipinski definition) is 2. The summed E-state index contributed by atoms with van der Waals surface area (Å²) in [5.74, 6) is 0.203. The third kappa shape index (κ3) is 2.25. The Morgan fingerprint density at radius 3 is 2.69 bits per heavy atom. The highest BCUT2D eigenvalue weighted by Crippen LogP contribution is 2.25. The predicted molar refractivity (Wildman–Crippen MR) is 69.2 cm³/mol. The van der Waals surface area contributed by atoms with Gasteiger partial charge < -0.3 is 5.11 Å². The summed E-state index contributed by atoms with van der Waals surface area (Å²) in [5, 5.41) is 11.0. The molecule has 1 aromatic heterocycles. The third-order valence-corrected chi connectivity index (χ3v) is 3.13. The zero-order chi connectivity index (χ0) is 11.7. The minimum absolute atomic E-state index is 0.203. The third-order valence-electron chi connectivity index (χ3n) is 2.64. The Labute approximate surface area is 103 Å². The number of halogens is 1. The lowest BCUT2D eigenvalue weighted by atomic mass is 9.99. The zero-order valence-corrected chi connectivity index (χ0v) is 10.9. The molecule has 16 heavy (non-hydrogen) atoms. The molecule has 0 saturated heterocycles. The van der Waals surface area contributed by atoms with Gasteiger partial charge in [-0.25, -0.2) is 0 Å². The second-order valence-electron chi connectivity index (χ2n) is 4.29. The molecule has 2 aromatic rings. The molecule has 84 valence electrons. The molecule has 0 amide bonds. The molecular formula is C13H14BrNO. The molecule has 0 unspecified atom stereocenters. The van der Waals surface area contributed by atoms with Crippen molar-refractivity contribution in [2.24, 2.45) is 5.92 Å². The number of rotatable bonds is 2. The fourth-order valence-electron chi connectivity index (χ4n) is 1.66. The summed E-state index contributed by atoms with van der Waals surface area (Å²) >= 11 is 3.41. The second-order valence-corrected chi connectivity index (χ2v) is 5.21. The van der Waals surface area contributed by atoms with E-state index < -0.39 is 6.10 Å². The number of aromatic nitrogens is 1. The highest BCUT2D eigenvalue weighted by atomic mass is 79.9. The number of aliphatic hydroxyl groups is 1. The maximum absolute atomic E-state index is 9.96. The lowest BCUT2D eigenvalue weighted by molar-refractivity contribution is 0.126. The first-order valence-electron chi connectivity index (χ1n) is 5.31. The fraction of sp³-hybridized carbons (Fsp3) is 0.308. The largest absolute Gasteiger partial charge is 0.388 e. The molecule has 1 atom stereocenters. The molecular weight excluding hydrogens is 266 g/mol. The van der Waals surface area contributed by atoms with Crippen LogP contribution >= 0.6 is 15.9 Å². The van der Waals surface area contributed by atoms with Crippen LogP contribution in [0.4, 0.5) is 0 Å². The van der Waals surface area contributed by atoms with Crippen LogP contribution in [0, 0.1) is 5.92 Å². The average Bonchev–Trinajstić information content (AvgIpc) is 2.27. The van der Waals surface area contributed by atoms with Crippen molar-refractivity contribution in [2.75, 3.05) is 0 Å². The Balaban J connectivity index is 2.48. The average molecular weight is 280 g/mol. The van der Waals surface area contributed by atoms with Crippen molar-refractivity contribution in [3.8, 4) is 0 Å². The molecule has 0 bridgehead atoms. The van der Waals surface area contributed by atoms with E-state index in [1.54, 1.807) is 6.20 Å². The molecule has 0 aliphatic carbocycles. The molecule has 0 radical (unpaired) electrons. The fourth-order valence-corrected chi connectivity index (χ4v) is 2.01. The molecule has 1 N–H and O–H groups in total. The number of benzene rings is 1. The van der Waals surface area contributed by atoms with Crippen molar-refractivity contribution >= 4 is 26.8 Å². The van der Waals surface area contributed by atoms with E-state index in [1.165, 1.54) is 0 Å². The van der Waals surface area contributed by atoms with E-state index in [1.807, 2.05) is 38.1 Å². The Morgan fingerprint density at radius 2 is 2.00 bits per heavy atom. The van der Waals surface area contributed by atoms with Gasteiger partial charge in [-0.2, -0.15) is 0 Å². The SMILES string of the molecule is CC(C)[C@H](O)c1cnc2cc(Br)ccc2c1. The molecule has 1 heterocycles. The predicted octanol–water partition coefficient (Wildman–Crippen LogP) is 3.69. The van der Waals surface area contributed by atoms with Crippen LogP contribution in [-0.2, 0) is 0 Å². The van der Waals surface area contributed by atoms with Crippen molar-refractivity contribution in [3.05, 3.63) is 40.5 Å². The zero-order valence-electron chi connectivity index (χ0n) is 9.31. The first-order chi connectivity index (χ1) is 7.58. The maximum Gasteiger partial charge on any atom is 0.0827 e. The first-order valence-corrected chi connectivity index (χ1v) is 6.10. The smallest absolute Gasteiger partial charge is 0.0827 e. The maximum atomic E-state index is 9.96. The lowest BCUT2D eigenvalue weighted by Crippen LogP contribution is -2.05. The molecule has 0 spiro atoms. The van der Waals surface area contributed by atoms with Crippen LogP contribution in [0.5, 0.6) is 0 Å². The number of nitrogens with zero attached hydrogens (tertiary/aromatic N) is 1. The van der Waals surface area contributed by atoms with Gasteiger partial charge in [0.1, 0.15) is 0 Å². The number of hydrogen-bond donors (Lipinski definition) is 1. The molecule has 0 fully saturated rings. The van der Waals surface area contributed by atoms with Crippen molar-refractivity contribution in [2.45, 2.75) is 20.0 Å². The molecule has 3 heteroatoms. The van der Waals surface area contributed by atoms with Crippen LogP contribution < -0.4 is 0 Å². The van der Waals surface area contributed by atoms with Crippen molar-refractivity contribution in [1.82, 2.24) is 4.98 Å². The summed E-state index contributed by atoms with van der Waals surface area (Å²) in [6, 6.07) is 7.96. The Kier molecular flexibility index (Phi) is 3.26. The summed E-state index contributed by atoms with van der Waals surface area (Å²) in [6.07, 6.45) is 1.31. The normalized spacial score (nSPS) is 13.3. The number of aliphatic hydroxyl groups excluding tert-OH is 1. The van der Waals surface area contributed by atoms with Crippen LogP contribution in [0.15, 0.2) is 34.9 Å². The van der Waals surface area contributed by atoms with E-state index in [0.29, 0.717) is 0 Å². The van der Waals surface area contributed by atoms with Crippen molar-refractivity contribution < 1.29 is 5.11 Å². The summed E-state index contributed by atoms with van der Waals surface area (Å²) in [5.41, 5.74) is 1.82. The van der Waals surface area contributed by atoms with E-state index in [-0.39, 0.29) is 5.92 Å². The number of fused-ring (bicyclic) bond motifs is 1. The van der Waals surface area contributed by atoms with Gasteiger partial charge in [0.25, 0.3) is 0 Å². The Bertz CT molecular complexity index is 510. The molecule has 0 aliphatic rings. The monoisotopic (exact) mass is 279 g/mol. The van der Waals surface area contributed by atoms with E-state index in [0.717, 1.165) is 20.9 Å². The minimum atomic E-state index is -0.444. The number of pyridine rings is 1. The van der Waals surface area contributed by atoms with Crippen molar-refractivity contribution in [3.63, 3.8) is 0 Å². The van der Waals surface area contributed by atoms with Crippen LogP contribution in [0.3, 0.4) is 0 Å². The topological polar surface area (TPSA) is 33.1 Å². The van der Waals surface area contributed by atoms with Gasteiger partial charge >= 0.3 is 0 Å². The van der Waals surface area contributed by atoms with Crippen LogP contribution in [-0.4, -0.2) is 10.1 Å². The Hall–Kier alpha value is -0.930. The standard InChI is InChI=1S/C13H14BrNO/c1-8(2)13(16)10-5-9-3-4-11(14)6-12(9)15-7-10/h3-8,13,16H,1-2H3/t13-/m0/s1. The highest BCUT2D eigenvalue weighted by Gasteiger charge is 2.12. The highest BCUT2D eigenvalue weighted by molar-refractivity contribution is 9.10. The van der Waals surface area contributed by atoms with Crippen LogP contribution in [0.2, 0.25) is 0 Å². The minimum Gasteiger partial charge on any atom is -0.388 e. The Morgan fingerprint density at radius 1 is 1.25 bits per heavy atom. The van der Waals surface area contributed by atoms with Gasteiger partial charge in [-0.05, 0) is 29.7 Å². The van der Waals surface area contributed by atoms with E-state index in [4.69, 9.17) is 0 Å². The van der Waals surface area contributed by atoms with Crippen LogP contribution in [0.25, 0.3) is 10.9 Å². The van der Waals surface area contributed by atoms with E-state index >= 15 is 0 Å². The van der Waals surface area contributed by atoms with Gasteiger partial charge in [0.2, 0.25) is 0 Å². The lowest BCUT2D eigenvalue weighted by Gasteiger charge is -2.14. The molecule has 0 saturated carbocycles. The molecule has 2 nitrogen and oxygen atoms in total. The van der Waals surface area contributed by atoms with E-state index in [9.17, 15) is 5.11 Å². The second kappa shape index (κ2) is 4.52. The summed E-state index contributed by atoms with van der Waals surface area (Å²) in [4.78, 5) is 4.36. The van der Waals surface area contributed by atoms with Crippen LogP contribution in [0.1, 0.15) is 25.5 Å². The summed E-state index contributed by atoms with van der Waals surface area (Å²) in [7, 11) is 0. The summed E-state index contributed by atoms with van der Waals surface area (Å²) < 4.78 is 1.02. The first kappa shape index (κ1) is 11.6. The van der Waals surface area contributed by atoms with E-state index in [2.05, 4.69) is 20.9 Å². The summed E-state index contributed by atoms with van der Waals surface area (Å²) in [6.45, 7) is 3.99. The van der Waals surface area contributed by atoms with Gasteiger partial charge in [-0.3, -0.25) is 4.98 Å². The molecule has 1 aromatic carbocycles. The van der Waals surface area contributed by atoms with Gasteiger partial charge in [0.15, 0.2) is 0 Å². The van der Waals surface area contributed by atoms with Gasteiger partial charge in [0.05, 0.1) is 11.6 Å². The molecule has 2 rings (SSSR count). The van der Waals surface area contributed by atoms with Gasteiger partial charge in [-0.1, -0.05) is 35.8 Å². The quantitative estimate of drug-likeness (QED) is 0.910. The van der Waals surface area contributed by atoms with Gasteiger partial charge in [0, 0.05) is 16.1 Å². The molecule has 0 aliphatic heterocycles.